The van der Waals surface area contributed by atoms with Crippen LogP contribution in [-0.2, 0) is 7.05 Å². The first-order valence-corrected chi connectivity index (χ1v) is 5.32. The number of pyridine rings is 1. The minimum absolute atomic E-state index is 0. The van der Waals surface area contributed by atoms with E-state index in [1.807, 2.05) is 63.9 Å². The Morgan fingerprint density at radius 3 is 2.50 bits per heavy atom. The Hall–Kier alpha value is -1.70. The zero-order valence-corrected chi connectivity index (χ0v) is 12.0. The number of rotatable bonds is 2. The number of nitrogens with zero attached hydrogens (tertiary/aromatic N) is 5. The topological polar surface area (TPSA) is 39.5 Å². The lowest BCUT2D eigenvalue weighted by Gasteiger charge is -2.01. The molecule has 92 valence electrons. The Bertz CT molecular complexity index is 629. The number of hydrogen-bond acceptors (Lipinski definition) is 2. The second-order valence-electron chi connectivity index (χ2n) is 3.81. The third-order valence-electron chi connectivity index (χ3n) is 2.52. The van der Waals surface area contributed by atoms with E-state index in [1.54, 1.807) is 12.5 Å². The van der Waals surface area contributed by atoms with Crippen LogP contribution in [0.5, 0.6) is 0 Å². The molecule has 5 nitrogen and oxygen atoms in total. The minimum atomic E-state index is 0. The van der Waals surface area contributed by atoms with Gasteiger partial charge < -0.3 is 24.0 Å². The van der Waals surface area contributed by atoms with Crippen LogP contribution in [-0.4, -0.2) is 19.1 Å². The van der Waals surface area contributed by atoms with Gasteiger partial charge in [0.25, 0.3) is 0 Å². The van der Waals surface area contributed by atoms with Crippen molar-refractivity contribution in [1.82, 2.24) is 19.1 Å². The lowest BCUT2D eigenvalue weighted by atomic mass is 10.4. The van der Waals surface area contributed by atoms with Crippen molar-refractivity contribution in [2.45, 2.75) is 0 Å². The van der Waals surface area contributed by atoms with Crippen LogP contribution in [0, 0.1) is 0 Å². The van der Waals surface area contributed by atoms with Gasteiger partial charge in [-0.3, -0.25) is 4.57 Å². The maximum absolute atomic E-state index is 4.57. The molecule has 0 aliphatic heterocycles. The normalized spacial score (nSPS) is 10.1. The summed E-state index contributed by atoms with van der Waals surface area (Å²) >= 11 is 0. The third kappa shape index (κ3) is 2.42. The van der Waals surface area contributed by atoms with Crippen LogP contribution in [0.2, 0.25) is 0 Å². The molecule has 0 aliphatic carbocycles. The fourth-order valence-electron chi connectivity index (χ4n) is 1.68. The SMILES string of the molecule is C[n+]1ccn(-c2cccc(-n3ccnc3)n2)c1.[I-]. The lowest BCUT2D eigenvalue weighted by molar-refractivity contribution is -0.670. The summed E-state index contributed by atoms with van der Waals surface area (Å²) in [5, 5.41) is 0. The molecule has 0 spiro atoms. The summed E-state index contributed by atoms with van der Waals surface area (Å²) in [5.74, 6) is 1.74. The first-order chi connectivity index (χ1) is 8.33. The highest BCUT2D eigenvalue weighted by molar-refractivity contribution is 5.31. The quantitative estimate of drug-likeness (QED) is 0.391. The zero-order chi connectivity index (χ0) is 11.7. The van der Waals surface area contributed by atoms with Crippen molar-refractivity contribution in [1.29, 1.82) is 0 Å². The van der Waals surface area contributed by atoms with Crippen LogP contribution in [0.4, 0.5) is 0 Å². The number of halogens is 1. The van der Waals surface area contributed by atoms with Gasteiger partial charge in [-0.2, -0.15) is 9.55 Å². The van der Waals surface area contributed by atoms with E-state index in [1.165, 1.54) is 0 Å². The highest BCUT2D eigenvalue weighted by Gasteiger charge is 2.06. The Morgan fingerprint density at radius 1 is 1.11 bits per heavy atom. The minimum Gasteiger partial charge on any atom is -1.00 e. The molecule has 0 fully saturated rings. The molecule has 0 unspecified atom stereocenters. The molecule has 0 N–H and O–H groups in total. The van der Waals surface area contributed by atoms with Crippen molar-refractivity contribution in [3.8, 4) is 11.6 Å². The van der Waals surface area contributed by atoms with Crippen LogP contribution in [0.15, 0.2) is 55.6 Å². The summed E-state index contributed by atoms with van der Waals surface area (Å²) in [6.45, 7) is 0. The van der Waals surface area contributed by atoms with Gasteiger partial charge in [0.1, 0.15) is 24.5 Å². The summed E-state index contributed by atoms with van der Waals surface area (Å²) in [6.07, 6.45) is 11.3. The van der Waals surface area contributed by atoms with Crippen LogP contribution in [0.3, 0.4) is 0 Å². The number of aryl methyl sites for hydroxylation is 1. The molecule has 0 aromatic carbocycles. The summed E-state index contributed by atoms with van der Waals surface area (Å²) < 4.78 is 5.83. The second kappa shape index (κ2) is 5.30. The molecule has 0 aliphatic rings. The van der Waals surface area contributed by atoms with Gasteiger partial charge in [-0.25, -0.2) is 9.55 Å². The molecule has 0 amide bonds. The second-order valence-corrected chi connectivity index (χ2v) is 3.81. The number of imidazole rings is 2. The Balaban J connectivity index is 0.00000120. The molecular formula is C12H12IN5. The van der Waals surface area contributed by atoms with Crippen molar-refractivity contribution in [2.75, 3.05) is 0 Å². The van der Waals surface area contributed by atoms with E-state index in [0.29, 0.717) is 0 Å². The molecule has 6 heteroatoms. The molecular weight excluding hydrogens is 341 g/mol. The van der Waals surface area contributed by atoms with E-state index in [0.717, 1.165) is 11.6 Å². The van der Waals surface area contributed by atoms with Gasteiger partial charge in [-0.1, -0.05) is 6.07 Å². The predicted octanol–water partition coefficient (Wildman–Crippen LogP) is -2.11. The lowest BCUT2D eigenvalue weighted by Crippen LogP contribution is -3.00. The van der Waals surface area contributed by atoms with Gasteiger partial charge in [0.2, 0.25) is 12.1 Å². The summed E-state index contributed by atoms with van der Waals surface area (Å²) in [4.78, 5) is 8.59. The summed E-state index contributed by atoms with van der Waals surface area (Å²) in [7, 11) is 1.98. The van der Waals surface area contributed by atoms with Gasteiger partial charge in [-0.15, -0.1) is 0 Å². The molecule has 3 aromatic heterocycles. The van der Waals surface area contributed by atoms with E-state index in [-0.39, 0.29) is 24.0 Å². The van der Waals surface area contributed by atoms with Gasteiger partial charge >= 0.3 is 0 Å². The van der Waals surface area contributed by atoms with Crippen LogP contribution < -0.4 is 28.5 Å². The van der Waals surface area contributed by atoms with Crippen molar-refractivity contribution in [2.24, 2.45) is 7.05 Å². The first-order valence-electron chi connectivity index (χ1n) is 5.32. The average molecular weight is 353 g/mol. The van der Waals surface area contributed by atoms with Crippen LogP contribution in [0.25, 0.3) is 11.6 Å². The summed E-state index contributed by atoms with van der Waals surface area (Å²) in [6, 6.07) is 5.91. The fraction of sp³-hybridized carbons (Fsp3) is 0.0833. The molecule has 0 saturated heterocycles. The highest BCUT2D eigenvalue weighted by Crippen LogP contribution is 2.08. The molecule has 3 rings (SSSR count). The van der Waals surface area contributed by atoms with Gasteiger partial charge in [0, 0.05) is 18.5 Å². The third-order valence-corrected chi connectivity index (χ3v) is 2.52. The van der Waals surface area contributed by atoms with Crippen molar-refractivity contribution in [3.05, 3.63) is 55.6 Å². The van der Waals surface area contributed by atoms with E-state index in [4.69, 9.17) is 0 Å². The van der Waals surface area contributed by atoms with E-state index in [9.17, 15) is 0 Å². The highest BCUT2D eigenvalue weighted by atomic mass is 127. The number of hydrogen-bond donors (Lipinski definition) is 0. The Labute approximate surface area is 122 Å². The smallest absolute Gasteiger partial charge is 0.250 e. The monoisotopic (exact) mass is 353 g/mol. The van der Waals surface area contributed by atoms with Gasteiger partial charge in [-0.05, 0) is 6.07 Å². The molecule has 3 heterocycles. The zero-order valence-electron chi connectivity index (χ0n) is 9.81. The molecule has 3 aromatic rings. The summed E-state index contributed by atoms with van der Waals surface area (Å²) in [5.41, 5.74) is 0. The fourth-order valence-corrected chi connectivity index (χ4v) is 1.68. The largest absolute Gasteiger partial charge is 1.00 e. The van der Waals surface area contributed by atoms with Gasteiger partial charge in [0.15, 0.2) is 0 Å². The maximum atomic E-state index is 4.57. The maximum Gasteiger partial charge on any atom is 0.250 e. The first kappa shape index (κ1) is 12.7. The average Bonchev–Trinajstić information content (AvgIpc) is 3.00. The Kier molecular flexibility index (Phi) is 3.75. The molecule has 0 radical (unpaired) electrons. The van der Waals surface area contributed by atoms with E-state index < -0.39 is 0 Å². The van der Waals surface area contributed by atoms with Crippen LogP contribution >= 0.6 is 0 Å². The van der Waals surface area contributed by atoms with Crippen molar-refractivity contribution < 1.29 is 28.5 Å². The number of aromatic nitrogens is 5. The molecule has 0 bridgehead atoms. The van der Waals surface area contributed by atoms with Crippen molar-refractivity contribution in [3.63, 3.8) is 0 Å². The molecule has 18 heavy (non-hydrogen) atoms. The van der Waals surface area contributed by atoms with Crippen LogP contribution in [0.1, 0.15) is 0 Å². The van der Waals surface area contributed by atoms with Crippen molar-refractivity contribution >= 4 is 0 Å². The van der Waals surface area contributed by atoms with E-state index in [2.05, 4.69) is 9.97 Å². The molecule has 0 saturated carbocycles. The Morgan fingerprint density at radius 2 is 1.89 bits per heavy atom. The van der Waals surface area contributed by atoms with E-state index >= 15 is 0 Å². The predicted molar refractivity (Wildman–Crippen MR) is 61.9 cm³/mol. The standard InChI is InChI=1S/C12H12N5.HI/c1-15-7-8-17(10-15)12-4-2-3-11(14-12)16-6-5-13-9-16;/h2-10H,1H3;1H/q+1;/p-1. The van der Waals surface area contributed by atoms with Gasteiger partial charge in [0.05, 0.1) is 7.05 Å². The molecule has 0 atom stereocenters.